The lowest BCUT2D eigenvalue weighted by Gasteiger charge is -2.36. The molecule has 1 saturated heterocycles. The number of likely N-dealkylation sites (N-methyl/N-ethyl adjacent to an activating group) is 1. The van der Waals surface area contributed by atoms with Crippen molar-refractivity contribution in [2.45, 2.75) is 6.04 Å². The van der Waals surface area contributed by atoms with E-state index in [4.69, 9.17) is 0 Å². The minimum Gasteiger partial charge on any atom is -0.504 e. The predicted octanol–water partition coefficient (Wildman–Crippen LogP) is -0.400. The van der Waals surface area contributed by atoms with Crippen molar-refractivity contribution >= 4 is 11.8 Å². The van der Waals surface area contributed by atoms with E-state index >= 15 is 0 Å². The summed E-state index contributed by atoms with van der Waals surface area (Å²) in [6, 6.07) is 3.58. The van der Waals surface area contributed by atoms with E-state index in [0.717, 1.165) is 0 Å². The van der Waals surface area contributed by atoms with Crippen LogP contribution in [0.15, 0.2) is 18.2 Å². The molecule has 2 rings (SSSR count). The average molecular weight is 293 g/mol. The molecule has 21 heavy (non-hydrogen) atoms. The van der Waals surface area contributed by atoms with Crippen molar-refractivity contribution in [3.8, 4) is 11.5 Å². The molecule has 1 aromatic carbocycles. The Labute approximate surface area is 122 Å². The second kappa shape index (κ2) is 6.01. The first-order valence-electron chi connectivity index (χ1n) is 6.67. The van der Waals surface area contributed by atoms with Gasteiger partial charge in [0.05, 0.1) is 5.56 Å². The van der Waals surface area contributed by atoms with Gasteiger partial charge in [0.2, 0.25) is 5.91 Å². The van der Waals surface area contributed by atoms with Gasteiger partial charge in [0, 0.05) is 33.7 Å². The molecule has 1 unspecified atom stereocenters. The van der Waals surface area contributed by atoms with Gasteiger partial charge >= 0.3 is 0 Å². The van der Waals surface area contributed by atoms with Crippen molar-refractivity contribution in [3.05, 3.63) is 23.8 Å². The Morgan fingerprint density at radius 3 is 2.71 bits per heavy atom. The van der Waals surface area contributed by atoms with Gasteiger partial charge in [-0.1, -0.05) is 6.07 Å². The van der Waals surface area contributed by atoms with Gasteiger partial charge in [0.1, 0.15) is 6.04 Å². The van der Waals surface area contributed by atoms with E-state index in [1.165, 1.54) is 28.0 Å². The molecular formula is C14H19N3O4. The maximum Gasteiger partial charge on any atom is 0.258 e. The molecule has 0 aliphatic carbocycles. The third kappa shape index (κ3) is 2.92. The Morgan fingerprint density at radius 1 is 1.33 bits per heavy atom. The van der Waals surface area contributed by atoms with Gasteiger partial charge in [0.15, 0.2) is 11.5 Å². The second-order valence-corrected chi connectivity index (χ2v) is 5.12. The van der Waals surface area contributed by atoms with Crippen LogP contribution in [0.2, 0.25) is 0 Å². The Kier molecular flexibility index (Phi) is 4.32. The van der Waals surface area contributed by atoms with Gasteiger partial charge in [-0.25, -0.2) is 0 Å². The number of para-hydroxylation sites is 1. The first-order valence-corrected chi connectivity index (χ1v) is 6.67. The van der Waals surface area contributed by atoms with Gasteiger partial charge in [-0.15, -0.1) is 0 Å². The van der Waals surface area contributed by atoms with E-state index in [2.05, 4.69) is 5.32 Å². The van der Waals surface area contributed by atoms with Crippen molar-refractivity contribution in [2.24, 2.45) is 0 Å². The maximum atomic E-state index is 12.6. The zero-order valence-corrected chi connectivity index (χ0v) is 12.0. The highest BCUT2D eigenvalue weighted by Crippen LogP contribution is 2.29. The van der Waals surface area contributed by atoms with Crippen LogP contribution in [0.4, 0.5) is 0 Å². The molecule has 1 atom stereocenters. The fourth-order valence-electron chi connectivity index (χ4n) is 2.32. The third-order valence-electron chi connectivity index (χ3n) is 3.48. The summed E-state index contributed by atoms with van der Waals surface area (Å²) in [6.07, 6.45) is 0. The van der Waals surface area contributed by atoms with E-state index in [-0.39, 0.29) is 17.2 Å². The van der Waals surface area contributed by atoms with Crippen molar-refractivity contribution in [3.63, 3.8) is 0 Å². The van der Waals surface area contributed by atoms with Crippen LogP contribution in [-0.2, 0) is 4.79 Å². The molecule has 0 saturated carbocycles. The van der Waals surface area contributed by atoms with E-state index in [1.54, 1.807) is 14.1 Å². The highest BCUT2D eigenvalue weighted by molar-refractivity contribution is 6.00. The number of carbonyl (C=O) groups excluding carboxylic acids is 2. The highest BCUT2D eigenvalue weighted by Gasteiger charge is 2.34. The standard InChI is InChI=1S/C14H19N3O4/c1-16(2)14(21)10-8-15-6-7-17(10)13(20)9-4-3-5-11(18)12(9)19/h3-5,10,15,18-19H,6-8H2,1-2H3. The fraction of sp³-hybridized carbons (Fsp3) is 0.429. The van der Waals surface area contributed by atoms with Crippen molar-refractivity contribution in [1.29, 1.82) is 0 Å². The molecule has 0 bridgehead atoms. The average Bonchev–Trinajstić information content (AvgIpc) is 2.48. The number of phenolic OH excluding ortho intramolecular Hbond substituents is 2. The molecule has 0 radical (unpaired) electrons. The topological polar surface area (TPSA) is 93.1 Å². The first-order chi connectivity index (χ1) is 9.93. The highest BCUT2D eigenvalue weighted by atomic mass is 16.3. The van der Waals surface area contributed by atoms with Crippen LogP contribution in [0.3, 0.4) is 0 Å². The van der Waals surface area contributed by atoms with Gasteiger partial charge in [-0.05, 0) is 12.1 Å². The van der Waals surface area contributed by atoms with Crippen LogP contribution in [0, 0.1) is 0 Å². The normalized spacial score (nSPS) is 18.4. The van der Waals surface area contributed by atoms with E-state index in [9.17, 15) is 19.8 Å². The van der Waals surface area contributed by atoms with Crippen molar-refractivity contribution < 1.29 is 19.8 Å². The number of carbonyl (C=O) groups is 2. The summed E-state index contributed by atoms with van der Waals surface area (Å²) >= 11 is 0. The monoisotopic (exact) mass is 293 g/mol. The lowest BCUT2D eigenvalue weighted by molar-refractivity contribution is -0.134. The van der Waals surface area contributed by atoms with Crippen LogP contribution in [0.1, 0.15) is 10.4 Å². The van der Waals surface area contributed by atoms with Gasteiger partial charge in [-0.2, -0.15) is 0 Å². The lowest BCUT2D eigenvalue weighted by atomic mass is 10.1. The third-order valence-corrected chi connectivity index (χ3v) is 3.48. The zero-order chi connectivity index (χ0) is 15.6. The summed E-state index contributed by atoms with van der Waals surface area (Å²) in [5, 5.41) is 22.4. The molecule has 2 amide bonds. The summed E-state index contributed by atoms with van der Waals surface area (Å²) in [4.78, 5) is 27.6. The van der Waals surface area contributed by atoms with Gasteiger partial charge in [0.25, 0.3) is 5.91 Å². The number of hydrogen-bond donors (Lipinski definition) is 3. The summed E-state index contributed by atoms with van der Waals surface area (Å²) in [7, 11) is 3.26. The summed E-state index contributed by atoms with van der Waals surface area (Å²) in [6.45, 7) is 1.29. The number of hydrogen-bond acceptors (Lipinski definition) is 5. The molecule has 1 heterocycles. The number of rotatable bonds is 2. The summed E-state index contributed by atoms with van der Waals surface area (Å²) in [5.41, 5.74) is -0.00606. The molecule has 7 nitrogen and oxygen atoms in total. The quantitative estimate of drug-likeness (QED) is 0.645. The number of benzene rings is 1. The Morgan fingerprint density at radius 2 is 2.05 bits per heavy atom. The Balaban J connectivity index is 2.31. The van der Waals surface area contributed by atoms with Crippen LogP contribution in [0.25, 0.3) is 0 Å². The molecule has 7 heteroatoms. The fourth-order valence-corrected chi connectivity index (χ4v) is 2.32. The predicted molar refractivity (Wildman–Crippen MR) is 76.2 cm³/mol. The van der Waals surface area contributed by atoms with Crippen LogP contribution in [-0.4, -0.2) is 71.6 Å². The molecule has 1 aromatic rings. The number of piperazine rings is 1. The maximum absolute atomic E-state index is 12.6. The Hall–Kier alpha value is -2.28. The minimum atomic E-state index is -0.622. The molecule has 0 aromatic heterocycles. The van der Waals surface area contributed by atoms with Gasteiger partial charge in [-0.3, -0.25) is 9.59 Å². The number of nitrogens with zero attached hydrogens (tertiary/aromatic N) is 2. The number of aromatic hydroxyl groups is 2. The lowest BCUT2D eigenvalue weighted by Crippen LogP contribution is -2.59. The number of phenols is 2. The van der Waals surface area contributed by atoms with E-state index < -0.39 is 17.7 Å². The van der Waals surface area contributed by atoms with Crippen molar-refractivity contribution in [2.75, 3.05) is 33.7 Å². The molecule has 1 fully saturated rings. The molecule has 1 aliphatic rings. The smallest absolute Gasteiger partial charge is 0.258 e. The first kappa shape index (κ1) is 15.1. The number of amides is 2. The summed E-state index contributed by atoms with van der Waals surface area (Å²) < 4.78 is 0. The van der Waals surface area contributed by atoms with E-state index in [0.29, 0.717) is 19.6 Å². The van der Waals surface area contributed by atoms with Crippen LogP contribution in [0.5, 0.6) is 11.5 Å². The minimum absolute atomic E-state index is 0.00606. The second-order valence-electron chi connectivity index (χ2n) is 5.12. The molecule has 114 valence electrons. The van der Waals surface area contributed by atoms with Crippen LogP contribution < -0.4 is 5.32 Å². The molecular weight excluding hydrogens is 274 g/mol. The van der Waals surface area contributed by atoms with Crippen LogP contribution >= 0.6 is 0 Å². The van der Waals surface area contributed by atoms with Gasteiger partial charge < -0.3 is 25.3 Å². The number of nitrogens with one attached hydrogen (secondary N) is 1. The molecule has 3 N–H and O–H groups in total. The largest absolute Gasteiger partial charge is 0.504 e. The summed E-state index contributed by atoms with van der Waals surface area (Å²) in [5.74, 6) is -1.47. The molecule has 0 spiro atoms. The van der Waals surface area contributed by atoms with Crippen molar-refractivity contribution in [1.82, 2.24) is 15.1 Å². The SMILES string of the molecule is CN(C)C(=O)C1CNCCN1C(=O)c1cccc(O)c1O. The van der Waals surface area contributed by atoms with E-state index in [1.807, 2.05) is 0 Å². The molecule has 1 aliphatic heterocycles. The zero-order valence-electron chi connectivity index (χ0n) is 12.0. The Bertz CT molecular complexity index is 559.